The van der Waals surface area contributed by atoms with Gasteiger partial charge in [0, 0.05) is 44.6 Å². The number of imidazole rings is 1. The second-order valence-electron chi connectivity index (χ2n) is 6.59. The van der Waals surface area contributed by atoms with Crippen LogP contribution in [0.2, 0.25) is 0 Å². The summed E-state index contributed by atoms with van der Waals surface area (Å²) in [6.07, 6.45) is 7.60. The van der Waals surface area contributed by atoms with E-state index in [-0.39, 0.29) is 0 Å². The molecule has 0 atom stereocenters. The predicted molar refractivity (Wildman–Crippen MR) is 106 cm³/mol. The Labute approximate surface area is 164 Å². The Hall–Kier alpha value is -2.78. The maximum atomic E-state index is 12.9. The monoisotopic (exact) mass is 398 g/mol. The molecular formula is C19H22N6O2S. The minimum absolute atomic E-state index is 0.350. The molecule has 0 saturated carbocycles. The molecule has 28 heavy (non-hydrogen) atoms. The lowest BCUT2D eigenvalue weighted by Gasteiger charge is -2.34. The molecule has 0 aliphatic carbocycles. The molecule has 4 rings (SSSR count). The van der Waals surface area contributed by atoms with Crippen LogP contribution in [0, 0.1) is 0 Å². The van der Waals surface area contributed by atoms with Gasteiger partial charge in [-0.1, -0.05) is 19.1 Å². The summed E-state index contributed by atoms with van der Waals surface area (Å²) >= 11 is 0. The van der Waals surface area contributed by atoms with Gasteiger partial charge in [-0.25, -0.2) is 23.4 Å². The summed E-state index contributed by atoms with van der Waals surface area (Å²) in [5, 5.41) is 0. The molecular weight excluding hydrogens is 376 g/mol. The van der Waals surface area contributed by atoms with Gasteiger partial charge >= 0.3 is 0 Å². The smallest absolute Gasteiger partial charge is 0.243 e. The van der Waals surface area contributed by atoms with Crippen molar-refractivity contribution < 1.29 is 8.42 Å². The Balaban J connectivity index is 1.46. The molecule has 3 heterocycles. The number of hydrogen-bond donors (Lipinski definition) is 0. The molecule has 146 valence electrons. The molecule has 0 N–H and O–H groups in total. The van der Waals surface area contributed by atoms with Gasteiger partial charge in [0.05, 0.1) is 4.90 Å². The van der Waals surface area contributed by atoms with Crippen molar-refractivity contribution in [3.8, 4) is 5.82 Å². The van der Waals surface area contributed by atoms with Crippen molar-refractivity contribution in [3.63, 3.8) is 0 Å². The Kier molecular flexibility index (Phi) is 5.10. The van der Waals surface area contributed by atoms with Crippen molar-refractivity contribution in [3.05, 3.63) is 60.9 Å². The van der Waals surface area contributed by atoms with Crippen LogP contribution in [-0.2, 0) is 16.4 Å². The quantitative estimate of drug-likeness (QED) is 0.651. The summed E-state index contributed by atoms with van der Waals surface area (Å²) in [6, 6.07) is 9.03. The van der Waals surface area contributed by atoms with Crippen LogP contribution in [0.25, 0.3) is 5.82 Å². The Morgan fingerprint density at radius 3 is 2.36 bits per heavy atom. The zero-order valence-electron chi connectivity index (χ0n) is 15.6. The van der Waals surface area contributed by atoms with E-state index in [1.807, 2.05) is 35.9 Å². The van der Waals surface area contributed by atoms with Gasteiger partial charge < -0.3 is 4.90 Å². The number of anilines is 1. The summed E-state index contributed by atoms with van der Waals surface area (Å²) in [5.41, 5.74) is 1.13. The molecule has 0 amide bonds. The molecule has 0 unspecified atom stereocenters. The number of rotatable bonds is 5. The highest BCUT2D eigenvalue weighted by molar-refractivity contribution is 7.89. The SMILES string of the molecule is CCc1ccc(S(=O)(=O)N2CCN(c3cc(-n4ccnc4)ncn3)CC2)cc1. The third kappa shape index (κ3) is 3.63. The number of aryl methyl sites for hydroxylation is 1. The first-order chi connectivity index (χ1) is 13.6. The van der Waals surface area contributed by atoms with E-state index in [2.05, 4.69) is 19.9 Å². The van der Waals surface area contributed by atoms with E-state index in [1.165, 1.54) is 6.33 Å². The fraction of sp³-hybridized carbons (Fsp3) is 0.316. The Bertz CT molecular complexity index is 1030. The van der Waals surface area contributed by atoms with E-state index in [0.717, 1.165) is 23.6 Å². The van der Waals surface area contributed by atoms with Crippen molar-refractivity contribution >= 4 is 15.8 Å². The second-order valence-corrected chi connectivity index (χ2v) is 8.53. The Morgan fingerprint density at radius 2 is 1.71 bits per heavy atom. The average Bonchev–Trinajstić information content (AvgIpc) is 3.29. The first-order valence-electron chi connectivity index (χ1n) is 9.22. The van der Waals surface area contributed by atoms with E-state index in [9.17, 15) is 8.42 Å². The normalized spacial score (nSPS) is 15.7. The number of hydrogen-bond acceptors (Lipinski definition) is 6. The third-order valence-corrected chi connectivity index (χ3v) is 6.85. The van der Waals surface area contributed by atoms with Gasteiger partial charge in [-0.3, -0.25) is 4.57 Å². The first-order valence-corrected chi connectivity index (χ1v) is 10.7. The molecule has 0 bridgehead atoms. The fourth-order valence-electron chi connectivity index (χ4n) is 3.25. The number of sulfonamides is 1. The van der Waals surface area contributed by atoms with Gasteiger partial charge in [-0.2, -0.15) is 4.31 Å². The predicted octanol–water partition coefficient (Wildman–Crippen LogP) is 1.74. The summed E-state index contributed by atoms with van der Waals surface area (Å²) < 4.78 is 29.2. The number of aromatic nitrogens is 4. The number of benzene rings is 1. The van der Waals surface area contributed by atoms with Crippen LogP contribution in [0.5, 0.6) is 0 Å². The largest absolute Gasteiger partial charge is 0.354 e. The third-order valence-electron chi connectivity index (χ3n) is 4.94. The van der Waals surface area contributed by atoms with Gasteiger partial charge in [0.1, 0.15) is 24.3 Å². The molecule has 9 heteroatoms. The van der Waals surface area contributed by atoms with E-state index in [1.54, 1.807) is 29.0 Å². The molecule has 0 spiro atoms. The van der Waals surface area contributed by atoms with Gasteiger partial charge in [0.15, 0.2) is 0 Å². The summed E-state index contributed by atoms with van der Waals surface area (Å²) in [6.45, 7) is 4.04. The fourth-order valence-corrected chi connectivity index (χ4v) is 4.67. The maximum absolute atomic E-state index is 12.9. The first kappa shape index (κ1) is 18.6. The molecule has 0 radical (unpaired) electrons. The van der Waals surface area contributed by atoms with E-state index < -0.39 is 10.0 Å². The molecule has 3 aromatic rings. The minimum Gasteiger partial charge on any atom is -0.354 e. The van der Waals surface area contributed by atoms with Crippen molar-refractivity contribution in [1.82, 2.24) is 23.8 Å². The molecule has 1 aromatic carbocycles. The highest BCUT2D eigenvalue weighted by atomic mass is 32.2. The molecule has 1 aliphatic rings. The van der Waals surface area contributed by atoms with Crippen molar-refractivity contribution in [2.24, 2.45) is 0 Å². The van der Waals surface area contributed by atoms with E-state index in [4.69, 9.17) is 0 Å². The number of nitrogens with zero attached hydrogens (tertiary/aromatic N) is 6. The lowest BCUT2D eigenvalue weighted by Crippen LogP contribution is -2.48. The van der Waals surface area contributed by atoms with Crippen molar-refractivity contribution in [2.75, 3.05) is 31.1 Å². The van der Waals surface area contributed by atoms with E-state index >= 15 is 0 Å². The summed E-state index contributed by atoms with van der Waals surface area (Å²) in [4.78, 5) is 15.1. The highest BCUT2D eigenvalue weighted by Gasteiger charge is 2.29. The molecule has 8 nitrogen and oxygen atoms in total. The van der Waals surface area contributed by atoms with Crippen LogP contribution < -0.4 is 4.90 Å². The molecule has 1 aliphatic heterocycles. The lowest BCUT2D eigenvalue weighted by molar-refractivity contribution is 0.383. The Morgan fingerprint density at radius 1 is 1.00 bits per heavy atom. The van der Waals surface area contributed by atoms with Crippen molar-refractivity contribution in [2.45, 2.75) is 18.2 Å². The minimum atomic E-state index is -3.47. The molecule has 1 saturated heterocycles. The van der Waals surface area contributed by atoms with Crippen molar-refractivity contribution in [1.29, 1.82) is 0 Å². The second kappa shape index (κ2) is 7.69. The van der Waals surface area contributed by atoms with Gasteiger partial charge in [-0.15, -0.1) is 0 Å². The van der Waals surface area contributed by atoms with Gasteiger partial charge in [0.25, 0.3) is 0 Å². The maximum Gasteiger partial charge on any atom is 0.243 e. The van der Waals surface area contributed by atoms with Crippen LogP contribution >= 0.6 is 0 Å². The molecule has 1 fully saturated rings. The highest BCUT2D eigenvalue weighted by Crippen LogP contribution is 2.21. The van der Waals surface area contributed by atoms with Gasteiger partial charge in [-0.05, 0) is 24.1 Å². The summed E-state index contributed by atoms with van der Waals surface area (Å²) in [7, 11) is -3.47. The van der Waals surface area contributed by atoms with E-state index in [0.29, 0.717) is 31.1 Å². The standard InChI is InChI=1S/C19H22N6O2S/c1-2-16-3-5-17(6-4-16)28(26,27)25-11-9-23(10-12-25)18-13-19(22-14-21-18)24-8-7-20-15-24/h3-8,13-15H,2,9-12H2,1H3. The van der Waals surface area contributed by atoms with Gasteiger partial charge in [0.2, 0.25) is 10.0 Å². The topological polar surface area (TPSA) is 84.2 Å². The van der Waals surface area contributed by atoms with Crippen LogP contribution in [0.4, 0.5) is 5.82 Å². The van der Waals surface area contributed by atoms with Crippen LogP contribution in [0.1, 0.15) is 12.5 Å². The lowest BCUT2D eigenvalue weighted by atomic mass is 10.2. The van der Waals surface area contributed by atoms with Crippen LogP contribution in [0.15, 0.2) is 60.3 Å². The van der Waals surface area contributed by atoms with Crippen LogP contribution in [-0.4, -0.2) is 58.4 Å². The van der Waals surface area contributed by atoms with Crippen LogP contribution in [0.3, 0.4) is 0 Å². The zero-order chi connectivity index (χ0) is 19.6. The zero-order valence-corrected chi connectivity index (χ0v) is 16.5. The number of piperazine rings is 1. The molecule has 2 aromatic heterocycles. The summed E-state index contributed by atoms with van der Waals surface area (Å²) in [5.74, 6) is 1.51. The average molecular weight is 398 g/mol.